The average Bonchev–Trinajstić information content (AvgIpc) is 3.86. The number of carbonyl (C=O) groups is 4. The number of nitrogens with one attached hydrogen (secondary N) is 1. The predicted molar refractivity (Wildman–Crippen MR) is 211 cm³/mol. The lowest BCUT2D eigenvalue weighted by atomic mass is 9.48. The van der Waals surface area contributed by atoms with E-state index in [9.17, 15) is 29.4 Å². The van der Waals surface area contributed by atoms with E-state index in [0.717, 1.165) is 25.9 Å². The molecule has 2 aromatic rings. The van der Waals surface area contributed by atoms with Gasteiger partial charge in [0.15, 0.2) is 24.4 Å². The van der Waals surface area contributed by atoms with E-state index in [2.05, 4.69) is 21.8 Å². The van der Waals surface area contributed by atoms with E-state index in [1.54, 1.807) is 58.0 Å². The Morgan fingerprint density at radius 2 is 1.85 bits per heavy atom. The fraction of sp³-hybridized carbons (Fsp3) is 0.614. The standard InChI is InChI=1S/C44H55N3O14/c1-23-27(56-39(51)33(49)32(28-19-45-22-55-28)46-40(52)61-41(4,5)6)18-43(53)24(2)31(23)34-36(58-30(57-34)20-47-16-11-17-47)42(7)15-14-29-44(21-54-29,60-25(3)48)35(42)37(43)59-38(50)26-12-9-8-10-13-26/h8-10,12-13,19,22,27,29-30,32-37,49,53H,2,11,14-18,20-21H2,1,3-7H3,(H,46,52)/t27-,29+,30+,32-,33+,34+,35-,36+,37-,42+,43-,44-/m0/s1. The van der Waals surface area contributed by atoms with Gasteiger partial charge in [-0.2, -0.15) is 0 Å². The van der Waals surface area contributed by atoms with E-state index in [1.165, 1.54) is 13.1 Å². The zero-order valence-corrected chi connectivity index (χ0v) is 35.3. The second-order valence-electron chi connectivity index (χ2n) is 18.4. The minimum Gasteiger partial charge on any atom is -0.456 e. The van der Waals surface area contributed by atoms with Crippen LogP contribution < -0.4 is 5.32 Å². The Morgan fingerprint density at radius 3 is 2.46 bits per heavy atom. The Balaban J connectivity index is 1.23. The van der Waals surface area contributed by atoms with Crippen LogP contribution in [0, 0.1) is 11.3 Å². The van der Waals surface area contributed by atoms with Gasteiger partial charge in [0.05, 0.1) is 30.4 Å². The first-order valence-electron chi connectivity index (χ1n) is 20.8. The highest BCUT2D eigenvalue weighted by Crippen LogP contribution is 2.64. The molecule has 4 heterocycles. The largest absolute Gasteiger partial charge is 0.456 e. The molecule has 17 heteroatoms. The lowest BCUT2D eigenvalue weighted by molar-refractivity contribution is -0.337. The van der Waals surface area contributed by atoms with Gasteiger partial charge < -0.3 is 53.1 Å². The molecule has 3 aliphatic carbocycles. The van der Waals surface area contributed by atoms with Crippen LogP contribution in [0.5, 0.6) is 0 Å². The number of rotatable bonds is 10. The monoisotopic (exact) mass is 849 g/mol. The zero-order valence-electron chi connectivity index (χ0n) is 35.3. The molecule has 5 fully saturated rings. The van der Waals surface area contributed by atoms with Crippen molar-refractivity contribution >= 4 is 24.0 Å². The highest BCUT2D eigenvalue weighted by atomic mass is 16.7. The molecule has 0 radical (unpaired) electrons. The van der Waals surface area contributed by atoms with Gasteiger partial charge in [-0.3, -0.25) is 9.69 Å². The normalized spacial score (nSPS) is 35.3. The maximum absolute atomic E-state index is 14.3. The lowest BCUT2D eigenvalue weighted by Gasteiger charge is -2.66. The Labute approximate surface area is 353 Å². The van der Waals surface area contributed by atoms with Crippen molar-refractivity contribution in [2.24, 2.45) is 11.3 Å². The van der Waals surface area contributed by atoms with Gasteiger partial charge in [-0.25, -0.2) is 19.4 Å². The van der Waals surface area contributed by atoms with E-state index in [4.69, 9.17) is 37.6 Å². The van der Waals surface area contributed by atoms with Crippen LogP contribution in [0.15, 0.2) is 70.6 Å². The van der Waals surface area contributed by atoms with Gasteiger partial charge in [-0.15, -0.1) is 0 Å². The number of esters is 3. The van der Waals surface area contributed by atoms with Gasteiger partial charge in [0.2, 0.25) is 0 Å². The third-order valence-electron chi connectivity index (χ3n) is 13.2. The van der Waals surface area contributed by atoms with Crippen LogP contribution in [0.3, 0.4) is 0 Å². The van der Waals surface area contributed by atoms with Crippen LogP contribution >= 0.6 is 0 Å². The lowest BCUT2D eigenvalue weighted by Crippen LogP contribution is -2.78. The molecule has 2 saturated carbocycles. The molecular weight excluding hydrogens is 794 g/mol. The van der Waals surface area contributed by atoms with Crippen LogP contribution in [0.1, 0.15) is 89.4 Å². The average molecular weight is 850 g/mol. The molecular formula is C44H55N3O14. The molecule has 3 saturated heterocycles. The number of ether oxygens (including phenoxy) is 7. The van der Waals surface area contributed by atoms with Crippen molar-refractivity contribution in [2.75, 3.05) is 26.2 Å². The summed E-state index contributed by atoms with van der Waals surface area (Å²) in [6, 6.07) is 6.81. The molecule has 0 unspecified atom stereocenters. The first-order valence-corrected chi connectivity index (χ1v) is 20.8. The van der Waals surface area contributed by atoms with Crippen LogP contribution in [0.4, 0.5) is 4.79 Å². The molecule has 61 heavy (non-hydrogen) atoms. The van der Waals surface area contributed by atoms with E-state index < -0.39 is 108 Å². The molecule has 12 atom stereocenters. The van der Waals surface area contributed by atoms with E-state index >= 15 is 0 Å². The van der Waals surface area contributed by atoms with Crippen LogP contribution in [0.25, 0.3) is 0 Å². The maximum atomic E-state index is 14.3. The first kappa shape index (κ1) is 43.0. The third-order valence-corrected chi connectivity index (χ3v) is 13.2. The van der Waals surface area contributed by atoms with Crippen molar-refractivity contribution < 1.29 is 67.0 Å². The van der Waals surface area contributed by atoms with Crippen molar-refractivity contribution in [3.63, 3.8) is 0 Å². The van der Waals surface area contributed by atoms with E-state index in [0.29, 0.717) is 30.5 Å². The predicted octanol–water partition coefficient (Wildman–Crippen LogP) is 3.69. The van der Waals surface area contributed by atoms with Gasteiger partial charge in [0, 0.05) is 25.3 Å². The number of aliphatic hydroxyl groups is 2. The minimum absolute atomic E-state index is 0.0467. The number of likely N-dealkylation sites (tertiary alicyclic amines) is 1. The topological polar surface area (TPSA) is 215 Å². The zero-order chi connectivity index (χ0) is 43.6. The van der Waals surface area contributed by atoms with Crippen LogP contribution in [-0.4, -0.2) is 130 Å². The second-order valence-corrected chi connectivity index (χ2v) is 18.4. The molecule has 17 nitrogen and oxygen atoms in total. The van der Waals surface area contributed by atoms with Crippen molar-refractivity contribution in [2.45, 2.75) is 133 Å². The fourth-order valence-electron chi connectivity index (χ4n) is 10.3. The van der Waals surface area contributed by atoms with Crippen molar-refractivity contribution in [3.05, 3.63) is 77.5 Å². The van der Waals surface area contributed by atoms with Crippen LogP contribution in [0.2, 0.25) is 0 Å². The first-order chi connectivity index (χ1) is 28.8. The van der Waals surface area contributed by atoms with Crippen molar-refractivity contribution in [1.29, 1.82) is 0 Å². The summed E-state index contributed by atoms with van der Waals surface area (Å²) in [7, 11) is 0. The quantitative estimate of drug-likeness (QED) is 0.230. The summed E-state index contributed by atoms with van der Waals surface area (Å²) in [5.74, 6) is -3.56. The number of aliphatic hydroxyl groups excluding tert-OH is 1. The smallest absolute Gasteiger partial charge is 0.408 e. The number of hydrogen-bond acceptors (Lipinski definition) is 16. The number of fused-ring (bicyclic) bond motifs is 8. The third kappa shape index (κ3) is 7.67. The van der Waals surface area contributed by atoms with Gasteiger partial charge in [-0.1, -0.05) is 31.7 Å². The molecule has 1 amide bonds. The van der Waals surface area contributed by atoms with Crippen LogP contribution in [-0.2, 0) is 42.7 Å². The summed E-state index contributed by atoms with van der Waals surface area (Å²) in [5, 5.41) is 27.6. The summed E-state index contributed by atoms with van der Waals surface area (Å²) in [4.78, 5) is 60.6. The highest BCUT2D eigenvalue weighted by molar-refractivity contribution is 5.89. The number of nitrogens with zero attached hydrogens (tertiary/aromatic N) is 2. The molecule has 3 N–H and O–H groups in total. The SMILES string of the molecule is C=C1C2=C(C)[C@@H](OC(=O)[C@H](O)[C@@H](NC(=O)OC(C)(C)C)c3cnco3)C[C@@]1(O)[C@@H](OC(=O)c1ccccc1)[C@H]1[C@@](C)(CC[C@H]3OC[C@]31OC(C)=O)[C@@H]1O[C@H](CN3CCC3)O[C@H]21. The van der Waals surface area contributed by atoms with E-state index in [-0.39, 0.29) is 23.5 Å². The Morgan fingerprint density at radius 1 is 1.11 bits per heavy atom. The number of benzene rings is 1. The Kier molecular flexibility index (Phi) is 11.2. The van der Waals surface area contributed by atoms with Crippen molar-refractivity contribution in [3.8, 4) is 0 Å². The number of oxazole rings is 1. The molecule has 0 spiro atoms. The van der Waals surface area contributed by atoms with Gasteiger partial charge in [0.25, 0.3) is 0 Å². The summed E-state index contributed by atoms with van der Waals surface area (Å²) in [5.41, 5.74) is -4.25. The Hall–Kier alpha value is -4.65. The fourth-order valence-corrected chi connectivity index (χ4v) is 10.3. The van der Waals surface area contributed by atoms with Crippen molar-refractivity contribution in [1.82, 2.24) is 15.2 Å². The number of amides is 1. The molecule has 330 valence electrons. The minimum atomic E-state index is -2.20. The van der Waals surface area contributed by atoms with Gasteiger partial charge in [-0.05, 0) is 88.9 Å². The molecule has 1 aromatic carbocycles. The number of hydrogen-bond donors (Lipinski definition) is 3. The van der Waals surface area contributed by atoms with Gasteiger partial charge >= 0.3 is 24.0 Å². The maximum Gasteiger partial charge on any atom is 0.408 e. The molecule has 3 aliphatic heterocycles. The summed E-state index contributed by atoms with van der Waals surface area (Å²) >= 11 is 0. The summed E-state index contributed by atoms with van der Waals surface area (Å²) < 4.78 is 49.6. The van der Waals surface area contributed by atoms with E-state index in [1.807, 2.05) is 6.92 Å². The molecule has 8 rings (SSSR count). The second kappa shape index (κ2) is 15.9. The Bertz CT molecular complexity index is 2060. The molecule has 6 aliphatic rings. The number of carbonyl (C=O) groups excluding carboxylic acids is 4. The number of alkyl carbamates (subject to hydrolysis) is 1. The highest BCUT2D eigenvalue weighted by Gasteiger charge is 2.75. The number of aromatic nitrogens is 1. The molecule has 1 aromatic heterocycles. The molecule has 2 bridgehead atoms. The summed E-state index contributed by atoms with van der Waals surface area (Å²) in [6.07, 6.45) is -4.87. The summed E-state index contributed by atoms with van der Waals surface area (Å²) in [6.45, 7) is 16.6. The van der Waals surface area contributed by atoms with Gasteiger partial charge in [0.1, 0.15) is 47.4 Å².